The number of rotatable bonds is 7. The standard InChI is InChI=1S/C18H27NO3/c20-13-16-11-17-18(12-16)22-10-8-19(17)7-4-9-21-14-15-5-2-1-3-6-15/h1-3,5-6,16-18,20H,4,7-14H2/t16-,17+,18?/m1/s1. The fraction of sp³-hybridized carbons (Fsp3) is 0.667. The third-order valence-corrected chi connectivity index (χ3v) is 4.85. The quantitative estimate of drug-likeness (QED) is 0.783. The topological polar surface area (TPSA) is 41.9 Å². The molecule has 1 aliphatic carbocycles. The van der Waals surface area contributed by atoms with E-state index in [1.54, 1.807) is 0 Å². The van der Waals surface area contributed by atoms with Crippen LogP contribution in [0, 0.1) is 5.92 Å². The van der Waals surface area contributed by atoms with Gasteiger partial charge in [-0.25, -0.2) is 0 Å². The zero-order valence-electron chi connectivity index (χ0n) is 13.2. The number of hydrogen-bond acceptors (Lipinski definition) is 4. The summed E-state index contributed by atoms with van der Waals surface area (Å²) >= 11 is 0. The molecule has 0 spiro atoms. The number of aliphatic hydroxyl groups is 1. The second-order valence-corrected chi connectivity index (χ2v) is 6.42. The minimum Gasteiger partial charge on any atom is -0.396 e. The fourth-order valence-electron chi connectivity index (χ4n) is 3.69. The average Bonchev–Trinajstić information content (AvgIpc) is 2.99. The van der Waals surface area contributed by atoms with E-state index in [1.165, 1.54) is 5.56 Å². The number of fused-ring (bicyclic) bond motifs is 1. The lowest BCUT2D eigenvalue weighted by Crippen LogP contribution is -2.48. The Bertz CT molecular complexity index is 439. The van der Waals surface area contributed by atoms with Crippen molar-refractivity contribution in [2.24, 2.45) is 5.92 Å². The maximum Gasteiger partial charge on any atom is 0.0734 e. The van der Waals surface area contributed by atoms with E-state index in [4.69, 9.17) is 9.47 Å². The monoisotopic (exact) mass is 305 g/mol. The van der Waals surface area contributed by atoms with Crippen LogP contribution < -0.4 is 0 Å². The summed E-state index contributed by atoms with van der Waals surface area (Å²) in [7, 11) is 0. The number of hydrogen-bond donors (Lipinski definition) is 1. The molecule has 1 aromatic rings. The van der Waals surface area contributed by atoms with E-state index in [9.17, 15) is 5.11 Å². The van der Waals surface area contributed by atoms with E-state index in [1.807, 2.05) is 18.2 Å². The van der Waals surface area contributed by atoms with Crippen LogP contribution in [0.1, 0.15) is 24.8 Å². The van der Waals surface area contributed by atoms with E-state index in [0.29, 0.717) is 31.3 Å². The first-order valence-corrected chi connectivity index (χ1v) is 8.45. The number of nitrogens with zero attached hydrogens (tertiary/aromatic N) is 1. The first kappa shape index (κ1) is 15.9. The Kier molecular flexibility index (Phi) is 5.84. The number of benzene rings is 1. The second-order valence-electron chi connectivity index (χ2n) is 6.42. The Balaban J connectivity index is 1.36. The van der Waals surface area contributed by atoms with Gasteiger partial charge in [-0.15, -0.1) is 0 Å². The number of morpholine rings is 1. The Morgan fingerprint density at radius 1 is 1.23 bits per heavy atom. The van der Waals surface area contributed by atoms with Crippen LogP contribution in [0.25, 0.3) is 0 Å². The molecule has 1 aliphatic heterocycles. The van der Waals surface area contributed by atoms with Crippen LogP contribution in [-0.4, -0.2) is 55.1 Å². The van der Waals surface area contributed by atoms with Crippen molar-refractivity contribution >= 4 is 0 Å². The molecular formula is C18H27NO3. The summed E-state index contributed by atoms with van der Waals surface area (Å²) < 4.78 is 11.6. The van der Waals surface area contributed by atoms with Crippen molar-refractivity contribution in [2.75, 3.05) is 32.9 Å². The number of ether oxygens (including phenoxy) is 2. The summed E-state index contributed by atoms with van der Waals surface area (Å²) in [4.78, 5) is 2.54. The highest BCUT2D eigenvalue weighted by molar-refractivity contribution is 5.13. The smallest absolute Gasteiger partial charge is 0.0734 e. The third-order valence-electron chi connectivity index (χ3n) is 4.85. The van der Waals surface area contributed by atoms with Crippen LogP contribution in [-0.2, 0) is 16.1 Å². The molecule has 4 heteroatoms. The van der Waals surface area contributed by atoms with Crippen LogP contribution in [0.15, 0.2) is 30.3 Å². The SMILES string of the molecule is OC[C@H]1CC2OCCN(CCCOCc3ccccc3)[C@H]2C1. The molecule has 1 heterocycles. The highest BCUT2D eigenvalue weighted by Crippen LogP contribution is 2.33. The van der Waals surface area contributed by atoms with Crippen LogP contribution in [0.5, 0.6) is 0 Å². The fourth-order valence-corrected chi connectivity index (χ4v) is 3.69. The molecule has 2 aliphatic rings. The zero-order valence-corrected chi connectivity index (χ0v) is 13.2. The van der Waals surface area contributed by atoms with Crippen molar-refractivity contribution < 1.29 is 14.6 Å². The van der Waals surface area contributed by atoms with Gasteiger partial charge in [0, 0.05) is 32.3 Å². The molecule has 0 bridgehead atoms. The van der Waals surface area contributed by atoms with Gasteiger partial charge in [0.1, 0.15) is 0 Å². The summed E-state index contributed by atoms with van der Waals surface area (Å²) in [6.07, 6.45) is 3.48. The van der Waals surface area contributed by atoms with Gasteiger partial charge in [0.25, 0.3) is 0 Å². The van der Waals surface area contributed by atoms with Gasteiger partial charge in [0.2, 0.25) is 0 Å². The molecule has 0 amide bonds. The van der Waals surface area contributed by atoms with Crippen molar-refractivity contribution in [1.82, 2.24) is 4.90 Å². The maximum absolute atomic E-state index is 9.36. The van der Waals surface area contributed by atoms with Crippen molar-refractivity contribution in [3.8, 4) is 0 Å². The Hall–Kier alpha value is -0.940. The summed E-state index contributed by atoms with van der Waals surface area (Å²) in [5.74, 6) is 0.421. The first-order valence-electron chi connectivity index (χ1n) is 8.45. The van der Waals surface area contributed by atoms with Gasteiger partial charge in [-0.2, -0.15) is 0 Å². The minimum absolute atomic E-state index is 0.296. The summed E-state index contributed by atoms with van der Waals surface area (Å²) in [6, 6.07) is 10.8. The molecule has 1 unspecified atom stereocenters. The van der Waals surface area contributed by atoms with Gasteiger partial charge < -0.3 is 14.6 Å². The Morgan fingerprint density at radius 2 is 2.09 bits per heavy atom. The molecule has 1 aromatic carbocycles. The summed E-state index contributed by atoms with van der Waals surface area (Å²) in [5.41, 5.74) is 1.23. The van der Waals surface area contributed by atoms with E-state index < -0.39 is 0 Å². The van der Waals surface area contributed by atoms with Gasteiger partial charge >= 0.3 is 0 Å². The van der Waals surface area contributed by atoms with Gasteiger partial charge in [0.05, 0.1) is 19.3 Å². The maximum atomic E-state index is 9.36. The molecule has 0 aromatic heterocycles. The lowest BCUT2D eigenvalue weighted by molar-refractivity contribution is -0.0579. The van der Waals surface area contributed by atoms with Crippen LogP contribution in [0.2, 0.25) is 0 Å². The molecule has 1 N–H and O–H groups in total. The lowest BCUT2D eigenvalue weighted by Gasteiger charge is -2.37. The summed E-state index contributed by atoms with van der Waals surface area (Å²) in [6.45, 7) is 4.69. The van der Waals surface area contributed by atoms with E-state index >= 15 is 0 Å². The predicted octanol–water partition coefficient (Wildman–Crippen LogP) is 2.06. The Morgan fingerprint density at radius 3 is 2.91 bits per heavy atom. The molecule has 4 nitrogen and oxygen atoms in total. The van der Waals surface area contributed by atoms with Gasteiger partial charge in [0.15, 0.2) is 0 Å². The largest absolute Gasteiger partial charge is 0.396 e. The minimum atomic E-state index is 0.296. The van der Waals surface area contributed by atoms with Gasteiger partial charge in [-0.3, -0.25) is 4.90 Å². The van der Waals surface area contributed by atoms with Crippen molar-refractivity contribution in [3.05, 3.63) is 35.9 Å². The predicted molar refractivity (Wildman–Crippen MR) is 85.6 cm³/mol. The average molecular weight is 305 g/mol. The molecule has 1 saturated heterocycles. The van der Waals surface area contributed by atoms with Crippen LogP contribution >= 0.6 is 0 Å². The van der Waals surface area contributed by atoms with Crippen molar-refractivity contribution in [3.63, 3.8) is 0 Å². The Labute approximate surface area is 133 Å². The zero-order chi connectivity index (χ0) is 15.2. The molecule has 22 heavy (non-hydrogen) atoms. The number of aliphatic hydroxyl groups excluding tert-OH is 1. The van der Waals surface area contributed by atoms with Crippen molar-refractivity contribution in [1.29, 1.82) is 0 Å². The third kappa shape index (κ3) is 4.07. The highest BCUT2D eigenvalue weighted by Gasteiger charge is 2.40. The van der Waals surface area contributed by atoms with E-state index in [2.05, 4.69) is 17.0 Å². The molecule has 2 fully saturated rings. The van der Waals surface area contributed by atoms with E-state index in [-0.39, 0.29) is 0 Å². The molecule has 1 saturated carbocycles. The lowest BCUT2D eigenvalue weighted by atomic mass is 10.1. The normalized spacial score (nSPS) is 28.7. The van der Waals surface area contributed by atoms with Gasteiger partial charge in [-0.05, 0) is 30.7 Å². The highest BCUT2D eigenvalue weighted by atomic mass is 16.5. The molecular weight excluding hydrogens is 278 g/mol. The van der Waals surface area contributed by atoms with Gasteiger partial charge in [-0.1, -0.05) is 30.3 Å². The van der Waals surface area contributed by atoms with Crippen LogP contribution in [0.3, 0.4) is 0 Å². The second kappa shape index (κ2) is 8.06. The van der Waals surface area contributed by atoms with E-state index in [0.717, 1.165) is 45.6 Å². The summed E-state index contributed by atoms with van der Waals surface area (Å²) in [5, 5.41) is 9.36. The first-order chi connectivity index (χ1) is 10.9. The molecule has 122 valence electrons. The molecule has 3 atom stereocenters. The molecule has 0 radical (unpaired) electrons. The molecule has 3 rings (SSSR count). The van der Waals surface area contributed by atoms with Crippen molar-refractivity contribution in [2.45, 2.75) is 38.0 Å². The van der Waals surface area contributed by atoms with Crippen LogP contribution in [0.4, 0.5) is 0 Å².